The molecule has 3 aromatic heterocycles. The number of nitrogens with one attached hydrogen (secondary N) is 1. The van der Waals surface area contributed by atoms with Gasteiger partial charge in [-0.25, -0.2) is 0 Å². The number of para-hydroxylation sites is 1. The first-order valence-corrected chi connectivity index (χ1v) is 9.10. The predicted molar refractivity (Wildman–Crippen MR) is 98.3 cm³/mol. The van der Waals surface area contributed by atoms with E-state index in [-0.39, 0.29) is 22.6 Å². The highest BCUT2D eigenvalue weighted by atomic mass is 16.8. The Morgan fingerprint density at radius 2 is 1.90 bits per heavy atom. The third-order valence-corrected chi connectivity index (χ3v) is 5.03. The molecule has 0 spiro atoms. The topological polar surface area (TPSA) is 153 Å². The summed E-state index contributed by atoms with van der Waals surface area (Å²) in [6.07, 6.45) is 0.597. The molecule has 30 heavy (non-hydrogen) atoms. The average molecular weight is 409 g/mol. The van der Waals surface area contributed by atoms with Crippen LogP contribution in [-0.4, -0.2) is 26.1 Å². The van der Waals surface area contributed by atoms with Crippen LogP contribution in [-0.2, 0) is 12.8 Å². The van der Waals surface area contributed by atoms with Crippen LogP contribution in [0.3, 0.4) is 0 Å². The predicted octanol–water partition coefficient (Wildman–Crippen LogP) is 0.750. The number of carbonyl (C=O) groups is 1. The van der Waals surface area contributed by atoms with E-state index in [2.05, 4.69) is 25.4 Å². The third kappa shape index (κ3) is 2.53. The number of amides is 1. The van der Waals surface area contributed by atoms with E-state index in [0.717, 1.165) is 4.80 Å². The van der Waals surface area contributed by atoms with Crippen molar-refractivity contribution in [1.82, 2.24) is 20.2 Å². The van der Waals surface area contributed by atoms with Crippen LogP contribution in [0.1, 0.15) is 33.2 Å². The maximum Gasteiger partial charge on any atom is 0.303 e. The summed E-state index contributed by atoms with van der Waals surface area (Å²) in [6, 6.07) is 6.55. The first-order chi connectivity index (χ1) is 14.5. The van der Waals surface area contributed by atoms with Crippen molar-refractivity contribution in [2.75, 3.05) is 5.32 Å². The Hall–Kier alpha value is -4.22. The monoisotopic (exact) mass is 409 g/mol. The van der Waals surface area contributed by atoms with Crippen molar-refractivity contribution < 1.29 is 23.7 Å². The minimum Gasteiger partial charge on any atom is -0.692 e. The van der Waals surface area contributed by atoms with E-state index in [9.17, 15) is 15.2 Å². The standard InChI is InChI=1S/C18H15N7O5/c1-9-15(10(2)29-21-9)19-18(26)11-5-3-4-6-12(11)23-20-16-13(24(23)27)7-8-14-17(16)22-30-25(14)28/h3-6H,7-8H2,1-2H3,(H,19,26). The molecule has 4 aromatic rings. The van der Waals surface area contributed by atoms with E-state index in [1.807, 2.05) is 0 Å². The molecule has 1 aliphatic carbocycles. The second-order valence-corrected chi connectivity index (χ2v) is 6.85. The number of carbonyl (C=O) groups excluding carboxylic acids is 1. The number of anilines is 1. The van der Waals surface area contributed by atoms with Crippen LogP contribution in [0.25, 0.3) is 17.1 Å². The molecule has 3 heterocycles. The minimum atomic E-state index is -0.451. The zero-order valence-electron chi connectivity index (χ0n) is 15.9. The summed E-state index contributed by atoms with van der Waals surface area (Å²) in [5.74, 6) is 0.0178. The number of nitrogens with zero attached hydrogens (tertiary/aromatic N) is 6. The summed E-state index contributed by atoms with van der Waals surface area (Å²) in [5, 5.41) is 39.3. The first kappa shape index (κ1) is 17.8. The summed E-state index contributed by atoms with van der Waals surface area (Å²) in [5.41, 5.74) is 2.65. The van der Waals surface area contributed by atoms with Crippen LogP contribution < -0.4 is 15.1 Å². The van der Waals surface area contributed by atoms with Gasteiger partial charge in [-0.05, 0) is 35.7 Å². The SMILES string of the molecule is Cc1noc(C)c1NC(=O)c1ccccc1-n1nc2c([n+]1[O-])CCc1c-2no[n+]1[O-]. The van der Waals surface area contributed by atoms with Gasteiger partial charge >= 0.3 is 11.4 Å². The number of benzene rings is 1. The largest absolute Gasteiger partial charge is 0.692 e. The van der Waals surface area contributed by atoms with Crippen molar-refractivity contribution >= 4 is 11.6 Å². The smallest absolute Gasteiger partial charge is 0.303 e. The summed E-state index contributed by atoms with van der Waals surface area (Å²) >= 11 is 0. The fourth-order valence-corrected chi connectivity index (χ4v) is 3.52. The zero-order chi connectivity index (χ0) is 21.0. The van der Waals surface area contributed by atoms with Gasteiger partial charge in [0.1, 0.15) is 17.1 Å². The molecule has 12 nitrogen and oxygen atoms in total. The maximum absolute atomic E-state index is 13.0. The van der Waals surface area contributed by atoms with Crippen molar-refractivity contribution in [3.8, 4) is 17.1 Å². The van der Waals surface area contributed by atoms with Gasteiger partial charge in [0.25, 0.3) is 5.91 Å². The van der Waals surface area contributed by atoms with E-state index >= 15 is 0 Å². The molecule has 1 N–H and O–H groups in total. The van der Waals surface area contributed by atoms with Crippen molar-refractivity contribution in [2.24, 2.45) is 0 Å². The molecule has 0 radical (unpaired) electrons. The molecule has 0 bridgehead atoms. The number of hydrogen-bond donors (Lipinski definition) is 1. The lowest BCUT2D eigenvalue weighted by molar-refractivity contribution is -0.808. The van der Waals surface area contributed by atoms with Crippen LogP contribution >= 0.6 is 0 Å². The summed E-state index contributed by atoms with van der Waals surface area (Å²) < 4.78 is 9.72. The molecule has 152 valence electrons. The molecule has 0 unspecified atom stereocenters. The number of aryl methyl sites for hydroxylation is 2. The molecule has 1 aromatic carbocycles. The van der Waals surface area contributed by atoms with Crippen molar-refractivity contribution in [1.29, 1.82) is 0 Å². The van der Waals surface area contributed by atoms with Gasteiger partial charge in [-0.2, -0.15) is 0 Å². The molecule has 1 amide bonds. The lowest BCUT2D eigenvalue weighted by atomic mass is 10.0. The van der Waals surface area contributed by atoms with Crippen LogP contribution in [0.4, 0.5) is 5.69 Å². The van der Waals surface area contributed by atoms with E-state index in [4.69, 9.17) is 4.52 Å². The van der Waals surface area contributed by atoms with E-state index in [0.29, 0.717) is 51.1 Å². The lowest BCUT2D eigenvalue weighted by Crippen LogP contribution is -2.42. The highest BCUT2D eigenvalue weighted by Crippen LogP contribution is 2.28. The Morgan fingerprint density at radius 3 is 2.67 bits per heavy atom. The lowest BCUT2D eigenvalue weighted by Gasteiger charge is -2.11. The van der Waals surface area contributed by atoms with E-state index in [1.165, 1.54) is 0 Å². The molecule has 0 fully saturated rings. The average Bonchev–Trinajstić information content (AvgIpc) is 3.39. The van der Waals surface area contributed by atoms with Crippen molar-refractivity contribution in [2.45, 2.75) is 26.7 Å². The Labute approximate surface area is 168 Å². The highest BCUT2D eigenvalue weighted by molar-refractivity contribution is 6.07. The second-order valence-electron chi connectivity index (χ2n) is 6.85. The molecular weight excluding hydrogens is 394 g/mol. The fraction of sp³-hybridized carbons (Fsp3) is 0.222. The minimum absolute atomic E-state index is 0.223. The van der Waals surface area contributed by atoms with E-state index in [1.54, 1.807) is 38.1 Å². The number of rotatable bonds is 3. The Kier molecular flexibility index (Phi) is 3.81. The van der Waals surface area contributed by atoms with Crippen LogP contribution in [0.5, 0.6) is 0 Å². The molecule has 12 heteroatoms. The van der Waals surface area contributed by atoms with Gasteiger partial charge in [0.05, 0.1) is 15.8 Å². The molecule has 0 saturated carbocycles. The highest BCUT2D eigenvalue weighted by Gasteiger charge is 2.39. The Bertz CT molecular complexity index is 1280. The van der Waals surface area contributed by atoms with Gasteiger partial charge < -0.3 is 20.3 Å². The second kappa shape index (κ2) is 6.40. The third-order valence-electron chi connectivity index (χ3n) is 5.03. The van der Waals surface area contributed by atoms with Crippen LogP contribution in [0.2, 0.25) is 0 Å². The van der Waals surface area contributed by atoms with Gasteiger partial charge in [0, 0.05) is 12.8 Å². The molecular formula is C18H15N7O5. The van der Waals surface area contributed by atoms with Gasteiger partial charge in [0.15, 0.2) is 11.5 Å². The van der Waals surface area contributed by atoms with Gasteiger partial charge in [-0.15, -0.1) is 4.85 Å². The van der Waals surface area contributed by atoms with Gasteiger partial charge in [-0.3, -0.25) is 9.42 Å². The zero-order valence-corrected chi connectivity index (χ0v) is 15.9. The van der Waals surface area contributed by atoms with E-state index < -0.39 is 5.91 Å². The number of hydrogen-bond acceptors (Lipinski definition) is 8. The molecule has 0 aliphatic heterocycles. The van der Waals surface area contributed by atoms with Crippen LogP contribution in [0, 0.1) is 24.3 Å². The number of fused-ring (bicyclic) bond motifs is 3. The maximum atomic E-state index is 13.0. The quantitative estimate of drug-likeness (QED) is 0.384. The summed E-state index contributed by atoms with van der Waals surface area (Å²) in [7, 11) is 0. The fourth-order valence-electron chi connectivity index (χ4n) is 3.52. The number of aromatic nitrogens is 6. The van der Waals surface area contributed by atoms with Crippen molar-refractivity contribution in [3.63, 3.8) is 0 Å². The Morgan fingerprint density at radius 1 is 1.13 bits per heavy atom. The molecule has 0 atom stereocenters. The van der Waals surface area contributed by atoms with Gasteiger partial charge in [-0.1, -0.05) is 17.3 Å². The first-order valence-electron chi connectivity index (χ1n) is 9.10. The summed E-state index contributed by atoms with van der Waals surface area (Å²) in [4.78, 5) is 15.0. The van der Waals surface area contributed by atoms with Crippen LogP contribution in [0.15, 0.2) is 33.4 Å². The molecule has 5 rings (SSSR count). The van der Waals surface area contributed by atoms with Crippen molar-refractivity contribution in [3.05, 3.63) is 63.1 Å². The Balaban J connectivity index is 1.59. The summed E-state index contributed by atoms with van der Waals surface area (Å²) in [6.45, 7) is 3.40. The molecule has 1 aliphatic rings. The normalized spacial score (nSPS) is 12.5. The van der Waals surface area contributed by atoms with Gasteiger partial charge in [0.2, 0.25) is 5.69 Å². The molecule has 0 saturated heterocycles.